The molecule has 2 heterocycles. The van der Waals surface area contributed by atoms with Gasteiger partial charge >= 0.3 is 6.03 Å². The minimum absolute atomic E-state index is 0.0293. The van der Waals surface area contributed by atoms with Gasteiger partial charge in [-0.2, -0.15) is 4.68 Å². The number of methoxy groups -OCH3 is 1. The Morgan fingerprint density at radius 3 is 2.68 bits per heavy atom. The summed E-state index contributed by atoms with van der Waals surface area (Å²) in [6, 6.07) is 9.75. The quantitative estimate of drug-likeness (QED) is 0.769. The lowest BCUT2D eigenvalue weighted by Crippen LogP contribution is -2.52. The Labute approximate surface area is 146 Å². The molecule has 0 bridgehead atoms. The Balaban J connectivity index is 1.55. The van der Waals surface area contributed by atoms with E-state index in [4.69, 9.17) is 4.74 Å². The van der Waals surface area contributed by atoms with Crippen LogP contribution in [-0.4, -0.2) is 77.6 Å². The summed E-state index contributed by atoms with van der Waals surface area (Å²) >= 11 is 0. The SMILES string of the molecule is COCCCNC(=O)N1CCN(c2nnnn2-c2ccccc2)CC1. The van der Waals surface area contributed by atoms with Gasteiger partial charge in [0.2, 0.25) is 5.95 Å². The van der Waals surface area contributed by atoms with Gasteiger partial charge in [-0.1, -0.05) is 23.3 Å². The normalized spacial score (nSPS) is 14.6. The highest BCUT2D eigenvalue weighted by Crippen LogP contribution is 2.16. The average molecular weight is 345 g/mol. The standard InChI is InChI=1S/C16H23N7O2/c1-25-13-5-8-17-16(24)22-11-9-21(10-12-22)15-18-19-20-23(15)14-6-3-2-4-7-14/h2-4,6-7H,5,8-13H2,1H3,(H,17,24). The number of amides is 2. The van der Waals surface area contributed by atoms with E-state index in [1.165, 1.54) is 0 Å². The number of carbonyl (C=O) groups excluding carboxylic acids is 1. The summed E-state index contributed by atoms with van der Waals surface area (Å²) in [5, 5.41) is 15.0. The second-order valence-corrected chi connectivity index (χ2v) is 5.78. The number of hydrogen-bond donors (Lipinski definition) is 1. The fourth-order valence-corrected chi connectivity index (χ4v) is 2.75. The Morgan fingerprint density at radius 1 is 1.20 bits per heavy atom. The lowest BCUT2D eigenvalue weighted by Gasteiger charge is -2.34. The minimum Gasteiger partial charge on any atom is -0.385 e. The minimum atomic E-state index is -0.0293. The van der Waals surface area contributed by atoms with Crippen LogP contribution in [-0.2, 0) is 4.74 Å². The Hall–Kier alpha value is -2.68. The van der Waals surface area contributed by atoms with Gasteiger partial charge in [0.05, 0.1) is 5.69 Å². The van der Waals surface area contributed by atoms with E-state index in [1.54, 1.807) is 11.8 Å². The Morgan fingerprint density at radius 2 is 1.96 bits per heavy atom. The number of rotatable bonds is 6. The molecule has 1 aliphatic rings. The molecular formula is C16H23N7O2. The lowest BCUT2D eigenvalue weighted by molar-refractivity contribution is 0.183. The fraction of sp³-hybridized carbons (Fsp3) is 0.500. The maximum absolute atomic E-state index is 12.2. The first-order chi connectivity index (χ1) is 12.3. The molecule has 9 heteroatoms. The highest BCUT2D eigenvalue weighted by Gasteiger charge is 2.24. The van der Waals surface area contributed by atoms with Crippen molar-refractivity contribution in [3.63, 3.8) is 0 Å². The highest BCUT2D eigenvalue weighted by atomic mass is 16.5. The van der Waals surface area contributed by atoms with Crippen molar-refractivity contribution < 1.29 is 9.53 Å². The van der Waals surface area contributed by atoms with Crippen LogP contribution in [0.1, 0.15) is 6.42 Å². The van der Waals surface area contributed by atoms with E-state index in [0.29, 0.717) is 45.3 Å². The van der Waals surface area contributed by atoms with Crippen molar-refractivity contribution in [1.82, 2.24) is 30.4 Å². The number of piperazine rings is 1. The first kappa shape index (κ1) is 17.2. The van der Waals surface area contributed by atoms with Crippen LogP contribution in [0.15, 0.2) is 30.3 Å². The van der Waals surface area contributed by atoms with Crippen molar-refractivity contribution >= 4 is 12.0 Å². The number of hydrogen-bond acceptors (Lipinski definition) is 6. The second kappa shape index (κ2) is 8.43. The molecule has 1 aromatic carbocycles. The van der Waals surface area contributed by atoms with Crippen LogP contribution in [0.3, 0.4) is 0 Å². The summed E-state index contributed by atoms with van der Waals surface area (Å²) in [6.45, 7) is 3.93. The monoisotopic (exact) mass is 345 g/mol. The zero-order chi connectivity index (χ0) is 17.5. The molecule has 2 aromatic rings. The molecule has 9 nitrogen and oxygen atoms in total. The molecule has 0 spiro atoms. The molecule has 2 amide bonds. The molecule has 134 valence electrons. The van der Waals surface area contributed by atoms with Crippen molar-refractivity contribution in [1.29, 1.82) is 0 Å². The summed E-state index contributed by atoms with van der Waals surface area (Å²) in [7, 11) is 1.66. The predicted molar refractivity (Wildman–Crippen MR) is 92.8 cm³/mol. The van der Waals surface area contributed by atoms with Crippen LogP contribution in [0.4, 0.5) is 10.7 Å². The fourth-order valence-electron chi connectivity index (χ4n) is 2.75. The molecule has 0 radical (unpaired) electrons. The van der Waals surface area contributed by atoms with Gasteiger partial charge < -0.3 is 19.9 Å². The van der Waals surface area contributed by atoms with E-state index in [2.05, 4.69) is 25.7 Å². The van der Waals surface area contributed by atoms with Gasteiger partial charge in [0.1, 0.15) is 0 Å². The Kier molecular flexibility index (Phi) is 5.78. The molecule has 0 unspecified atom stereocenters. The maximum Gasteiger partial charge on any atom is 0.317 e. The number of ether oxygens (including phenoxy) is 1. The van der Waals surface area contributed by atoms with E-state index in [-0.39, 0.29) is 6.03 Å². The zero-order valence-corrected chi connectivity index (χ0v) is 14.3. The van der Waals surface area contributed by atoms with E-state index in [9.17, 15) is 4.79 Å². The summed E-state index contributed by atoms with van der Waals surface area (Å²) < 4.78 is 6.70. The third-order valence-electron chi connectivity index (χ3n) is 4.11. The van der Waals surface area contributed by atoms with Crippen LogP contribution in [0.2, 0.25) is 0 Å². The number of tetrazole rings is 1. The third kappa shape index (κ3) is 4.24. The van der Waals surface area contributed by atoms with Crippen LogP contribution in [0.25, 0.3) is 5.69 Å². The summed E-state index contributed by atoms with van der Waals surface area (Å²) in [6.07, 6.45) is 0.814. The molecule has 25 heavy (non-hydrogen) atoms. The molecule has 3 rings (SSSR count). The molecule has 0 atom stereocenters. The van der Waals surface area contributed by atoms with E-state index < -0.39 is 0 Å². The summed E-state index contributed by atoms with van der Waals surface area (Å²) in [4.78, 5) is 16.1. The number of benzene rings is 1. The maximum atomic E-state index is 12.2. The highest BCUT2D eigenvalue weighted by molar-refractivity contribution is 5.74. The van der Waals surface area contributed by atoms with Gasteiger partial charge in [0, 0.05) is 46.4 Å². The molecular weight excluding hydrogens is 322 g/mol. The van der Waals surface area contributed by atoms with Crippen molar-refractivity contribution in [3.05, 3.63) is 30.3 Å². The van der Waals surface area contributed by atoms with Crippen LogP contribution in [0, 0.1) is 0 Å². The smallest absolute Gasteiger partial charge is 0.317 e. The number of nitrogens with zero attached hydrogens (tertiary/aromatic N) is 6. The number of carbonyl (C=O) groups is 1. The topological polar surface area (TPSA) is 88.4 Å². The number of anilines is 1. The van der Waals surface area contributed by atoms with Crippen molar-refractivity contribution in [3.8, 4) is 5.69 Å². The molecule has 0 saturated carbocycles. The van der Waals surface area contributed by atoms with Crippen LogP contribution < -0.4 is 10.2 Å². The van der Waals surface area contributed by atoms with Crippen molar-refractivity contribution in [2.75, 3.05) is 51.3 Å². The van der Waals surface area contributed by atoms with E-state index in [0.717, 1.165) is 12.1 Å². The summed E-state index contributed by atoms with van der Waals surface area (Å²) in [5.41, 5.74) is 0.917. The van der Waals surface area contributed by atoms with Gasteiger partial charge in [-0.15, -0.1) is 0 Å². The molecule has 0 aliphatic carbocycles. The third-order valence-corrected chi connectivity index (χ3v) is 4.11. The van der Waals surface area contributed by atoms with E-state index >= 15 is 0 Å². The van der Waals surface area contributed by atoms with Crippen LogP contribution >= 0.6 is 0 Å². The number of aromatic nitrogens is 4. The van der Waals surface area contributed by atoms with Gasteiger partial charge in [-0.05, 0) is 29.0 Å². The zero-order valence-electron chi connectivity index (χ0n) is 14.3. The first-order valence-corrected chi connectivity index (χ1v) is 8.40. The number of para-hydroxylation sites is 1. The molecule has 1 fully saturated rings. The molecule has 1 N–H and O–H groups in total. The van der Waals surface area contributed by atoms with Gasteiger partial charge in [0.25, 0.3) is 0 Å². The predicted octanol–water partition coefficient (Wildman–Crippen LogP) is 0.530. The lowest BCUT2D eigenvalue weighted by atomic mass is 10.3. The first-order valence-electron chi connectivity index (χ1n) is 8.40. The molecule has 1 saturated heterocycles. The second-order valence-electron chi connectivity index (χ2n) is 5.78. The van der Waals surface area contributed by atoms with Crippen molar-refractivity contribution in [2.45, 2.75) is 6.42 Å². The van der Waals surface area contributed by atoms with E-state index in [1.807, 2.05) is 35.2 Å². The van der Waals surface area contributed by atoms with Gasteiger partial charge in [-0.3, -0.25) is 0 Å². The average Bonchev–Trinajstić information content (AvgIpc) is 3.16. The number of urea groups is 1. The van der Waals surface area contributed by atoms with Gasteiger partial charge in [-0.25, -0.2) is 4.79 Å². The van der Waals surface area contributed by atoms with Crippen LogP contribution in [0.5, 0.6) is 0 Å². The summed E-state index contributed by atoms with van der Waals surface area (Å²) in [5.74, 6) is 0.700. The largest absolute Gasteiger partial charge is 0.385 e. The molecule has 1 aromatic heterocycles. The van der Waals surface area contributed by atoms with Crippen molar-refractivity contribution in [2.24, 2.45) is 0 Å². The number of nitrogens with one attached hydrogen (secondary N) is 1. The van der Waals surface area contributed by atoms with Gasteiger partial charge in [0.15, 0.2) is 0 Å². The Bertz CT molecular complexity index is 668. The molecule has 1 aliphatic heterocycles.